The smallest absolute Gasteiger partial charge is 0.245 e. The third-order valence-corrected chi connectivity index (χ3v) is 4.60. The summed E-state index contributed by atoms with van der Waals surface area (Å²) < 4.78 is 38.6. The van der Waals surface area contributed by atoms with Crippen molar-refractivity contribution >= 4 is 33.0 Å². The molecule has 2 aromatic carbocycles. The van der Waals surface area contributed by atoms with Gasteiger partial charge in [0.1, 0.15) is 12.4 Å². The molecule has 0 aliphatic rings. The van der Waals surface area contributed by atoms with Gasteiger partial charge in [-0.3, -0.25) is 9.10 Å². The van der Waals surface area contributed by atoms with E-state index in [-0.39, 0.29) is 5.69 Å². The van der Waals surface area contributed by atoms with Crippen LogP contribution in [0.15, 0.2) is 48.5 Å². The van der Waals surface area contributed by atoms with Gasteiger partial charge in [0.25, 0.3) is 0 Å². The molecular formula is C17H20FN3O3S. The molecule has 0 unspecified atom stereocenters. The maximum Gasteiger partial charge on any atom is 0.245 e. The van der Waals surface area contributed by atoms with Crippen LogP contribution in [0.5, 0.6) is 0 Å². The Bertz CT molecular complexity index is 852. The van der Waals surface area contributed by atoms with Gasteiger partial charge in [-0.25, -0.2) is 12.8 Å². The molecule has 1 N–H and O–H groups in total. The van der Waals surface area contributed by atoms with Crippen LogP contribution in [0.2, 0.25) is 0 Å². The van der Waals surface area contributed by atoms with Gasteiger partial charge in [0.2, 0.25) is 15.9 Å². The summed E-state index contributed by atoms with van der Waals surface area (Å²) in [6.07, 6.45) is 0.929. The summed E-state index contributed by atoms with van der Waals surface area (Å²) >= 11 is 0. The normalized spacial score (nSPS) is 11.0. The van der Waals surface area contributed by atoms with Crippen molar-refractivity contribution in [2.75, 3.05) is 41.4 Å². The van der Waals surface area contributed by atoms with E-state index in [1.54, 1.807) is 12.1 Å². The van der Waals surface area contributed by atoms with Crippen molar-refractivity contribution in [1.82, 2.24) is 0 Å². The van der Waals surface area contributed by atoms with Crippen molar-refractivity contribution in [3.63, 3.8) is 0 Å². The highest BCUT2D eigenvalue weighted by Gasteiger charge is 2.23. The Morgan fingerprint density at radius 2 is 1.68 bits per heavy atom. The van der Waals surface area contributed by atoms with Gasteiger partial charge in [-0.2, -0.15) is 0 Å². The Hall–Kier alpha value is -2.61. The van der Waals surface area contributed by atoms with Gasteiger partial charge in [0.15, 0.2) is 0 Å². The summed E-state index contributed by atoms with van der Waals surface area (Å²) in [5.41, 5.74) is 1.32. The van der Waals surface area contributed by atoms with Gasteiger partial charge in [0, 0.05) is 25.5 Å². The van der Waals surface area contributed by atoms with Crippen LogP contribution in [0.3, 0.4) is 0 Å². The van der Waals surface area contributed by atoms with E-state index >= 15 is 0 Å². The summed E-state index contributed by atoms with van der Waals surface area (Å²) in [7, 11) is -0.0303. The standard InChI is InChI=1S/C17H20FN3O3S/c1-20(2)14-10-8-13(9-11-14)19-17(22)12-21(25(3,23)24)16-7-5-4-6-15(16)18/h4-11H,12H2,1-3H3,(H,19,22). The van der Waals surface area contributed by atoms with E-state index in [4.69, 9.17) is 0 Å². The second kappa shape index (κ2) is 7.52. The van der Waals surface area contributed by atoms with Crippen LogP contribution in [0.25, 0.3) is 0 Å². The number of hydrogen-bond acceptors (Lipinski definition) is 4. The molecule has 0 saturated carbocycles. The molecule has 0 radical (unpaired) electrons. The number of benzene rings is 2. The molecule has 0 aliphatic heterocycles. The van der Waals surface area contributed by atoms with E-state index in [1.807, 2.05) is 31.1 Å². The van der Waals surface area contributed by atoms with Gasteiger partial charge >= 0.3 is 0 Å². The minimum absolute atomic E-state index is 0.164. The Morgan fingerprint density at radius 3 is 2.20 bits per heavy atom. The molecule has 0 spiro atoms. The van der Waals surface area contributed by atoms with Crippen LogP contribution in [-0.4, -0.2) is 41.2 Å². The monoisotopic (exact) mass is 365 g/mol. The molecule has 0 heterocycles. The molecule has 25 heavy (non-hydrogen) atoms. The van der Waals surface area contributed by atoms with Crippen LogP contribution in [0.1, 0.15) is 0 Å². The summed E-state index contributed by atoms with van der Waals surface area (Å²) in [5.74, 6) is -1.28. The fraction of sp³-hybridized carbons (Fsp3) is 0.235. The van der Waals surface area contributed by atoms with Gasteiger partial charge in [-0.1, -0.05) is 12.1 Å². The van der Waals surface area contributed by atoms with Crippen molar-refractivity contribution in [1.29, 1.82) is 0 Å². The molecule has 0 bridgehead atoms. The zero-order valence-electron chi connectivity index (χ0n) is 14.2. The molecule has 1 amide bonds. The number of rotatable bonds is 6. The van der Waals surface area contributed by atoms with E-state index in [9.17, 15) is 17.6 Å². The van der Waals surface area contributed by atoms with Crippen molar-refractivity contribution < 1.29 is 17.6 Å². The van der Waals surface area contributed by atoms with E-state index in [0.717, 1.165) is 22.3 Å². The van der Waals surface area contributed by atoms with E-state index < -0.39 is 28.3 Å². The lowest BCUT2D eigenvalue weighted by atomic mass is 10.2. The molecule has 0 atom stereocenters. The fourth-order valence-electron chi connectivity index (χ4n) is 2.21. The molecule has 0 fully saturated rings. The largest absolute Gasteiger partial charge is 0.378 e. The van der Waals surface area contributed by atoms with Gasteiger partial charge in [-0.15, -0.1) is 0 Å². The van der Waals surface area contributed by atoms with Crippen LogP contribution >= 0.6 is 0 Å². The average Bonchev–Trinajstić information content (AvgIpc) is 2.53. The third-order valence-electron chi connectivity index (χ3n) is 3.48. The van der Waals surface area contributed by atoms with Crippen molar-refractivity contribution in [2.45, 2.75) is 0 Å². The van der Waals surface area contributed by atoms with E-state index in [1.165, 1.54) is 18.2 Å². The van der Waals surface area contributed by atoms with Crippen LogP contribution in [0, 0.1) is 5.82 Å². The topological polar surface area (TPSA) is 69.7 Å². The molecule has 2 rings (SSSR count). The van der Waals surface area contributed by atoms with Crippen molar-refractivity contribution in [3.8, 4) is 0 Å². The Kier molecular flexibility index (Phi) is 5.63. The molecule has 134 valence electrons. The first kappa shape index (κ1) is 18.7. The second-order valence-electron chi connectivity index (χ2n) is 5.71. The summed E-state index contributed by atoms with van der Waals surface area (Å²) in [5, 5.41) is 2.61. The highest BCUT2D eigenvalue weighted by atomic mass is 32.2. The fourth-order valence-corrected chi connectivity index (χ4v) is 3.07. The maximum atomic E-state index is 13.9. The minimum atomic E-state index is -3.82. The van der Waals surface area contributed by atoms with Crippen molar-refractivity contribution in [3.05, 3.63) is 54.3 Å². The number of nitrogens with one attached hydrogen (secondary N) is 1. The molecule has 0 aliphatic carbocycles. The van der Waals surface area contributed by atoms with Gasteiger partial charge in [0.05, 0.1) is 11.9 Å². The maximum absolute atomic E-state index is 13.9. The van der Waals surface area contributed by atoms with Crippen molar-refractivity contribution in [2.24, 2.45) is 0 Å². The Balaban J connectivity index is 2.16. The third kappa shape index (κ3) is 4.93. The summed E-state index contributed by atoms with van der Waals surface area (Å²) in [6, 6.07) is 12.5. The van der Waals surface area contributed by atoms with E-state index in [0.29, 0.717) is 5.69 Å². The number of halogens is 1. The molecule has 8 heteroatoms. The highest BCUT2D eigenvalue weighted by Crippen LogP contribution is 2.21. The second-order valence-corrected chi connectivity index (χ2v) is 7.62. The highest BCUT2D eigenvalue weighted by molar-refractivity contribution is 7.92. The van der Waals surface area contributed by atoms with E-state index in [2.05, 4.69) is 5.32 Å². The quantitative estimate of drug-likeness (QED) is 0.853. The van der Waals surface area contributed by atoms with Crippen LogP contribution < -0.4 is 14.5 Å². The Morgan fingerprint density at radius 1 is 1.08 bits per heavy atom. The summed E-state index contributed by atoms with van der Waals surface area (Å²) in [6.45, 7) is -0.519. The Labute approximate surface area is 146 Å². The number of sulfonamides is 1. The minimum Gasteiger partial charge on any atom is -0.378 e. The number of carbonyl (C=O) groups excluding carboxylic acids is 1. The number of para-hydroxylation sites is 1. The lowest BCUT2D eigenvalue weighted by molar-refractivity contribution is -0.114. The number of amides is 1. The first-order valence-corrected chi connectivity index (χ1v) is 9.33. The first-order valence-electron chi connectivity index (χ1n) is 7.48. The van der Waals surface area contributed by atoms with Crippen LogP contribution in [0.4, 0.5) is 21.5 Å². The molecule has 0 saturated heterocycles. The van der Waals surface area contributed by atoms with Gasteiger partial charge in [-0.05, 0) is 36.4 Å². The molecular weight excluding hydrogens is 345 g/mol. The lowest BCUT2D eigenvalue weighted by Crippen LogP contribution is -2.38. The lowest BCUT2D eigenvalue weighted by Gasteiger charge is -2.22. The predicted octanol–water partition coefficient (Wildman–Crippen LogP) is 2.30. The van der Waals surface area contributed by atoms with Gasteiger partial charge < -0.3 is 10.2 Å². The zero-order valence-corrected chi connectivity index (χ0v) is 15.0. The SMILES string of the molecule is CN(C)c1ccc(NC(=O)CN(c2ccccc2F)S(C)(=O)=O)cc1. The number of nitrogens with zero attached hydrogens (tertiary/aromatic N) is 2. The average molecular weight is 365 g/mol. The number of hydrogen-bond donors (Lipinski definition) is 1. The summed E-state index contributed by atoms with van der Waals surface area (Å²) in [4.78, 5) is 14.1. The zero-order chi connectivity index (χ0) is 18.6. The number of anilines is 3. The molecule has 0 aromatic heterocycles. The number of carbonyl (C=O) groups is 1. The first-order chi connectivity index (χ1) is 11.7. The molecule has 2 aromatic rings. The molecule has 6 nitrogen and oxygen atoms in total. The predicted molar refractivity (Wildman–Crippen MR) is 98.0 cm³/mol. The van der Waals surface area contributed by atoms with Crippen LogP contribution in [-0.2, 0) is 14.8 Å².